The Morgan fingerprint density at radius 2 is 1.70 bits per heavy atom. The van der Waals surface area contributed by atoms with E-state index in [0.717, 1.165) is 16.7 Å². The Morgan fingerprint density at radius 1 is 1.10 bits per heavy atom. The smallest absolute Gasteiger partial charge is 0.327 e. The number of alkyl halides is 1. The molecule has 0 bridgehead atoms. The first-order valence-corrected chi connectivity index (χ1v) is 7.03. The quantitative estimate of drug-likeness (QED) is 0.453. The number of hydrogen-bond acceptors (Lipinski definition) is 4. The van der Waals surface area contributed by atoms with Crippen molar-refractivity contribution in [3.05, 3.63) is 34.9 Å². The molecule has 106 valence electrons. The summed E-state index contributed by atoms with van der Waals surface area (Å²) in [5.41, 5.74) is 1.70. The van der Waals surface area contributed by atoms with Crippen LogP contribution in [0.4, 0.5) is 0 Å². The molecule has 0 saturated carbocycles. The second-order valence-electron chi connectivity index (χ2n) is 5.85. The van der Waals surface area contributed by atoms with Gasteiger partial charge in [0, 0.05) is 19.7 Å². The SMILES string of the molecule is CC1(C)OC(=O)C2(Cc3ccc(CCl)cc3C2)C(=O)O1. The maximum Gasteiger partial charge on any atom is 0.327 e. The topological polar surface area (TPSA) is 52.6 Å². The fraction of sp³-hybridized carbons (Fsp3) is 0.467. The van der Waals surface area contributed by atoms with Gasteiger partial charge in [-0.25, -0.2) is 0 Å². The van der Waals surface area contributed by atoms with Gasteiger partial charge in [0.2, 0.25) is 0 Å². The molecule has 2 aliphatic rings. The maximum absolute atomic E-state index is 12.3. The van der Waals surface area contributed by atoms with Gasteiger partial charge in [-0.1, -0.05) is 18.2 Å². The molecular weight excluding hydrogens is 280 g/mol. The van der Waals surface area contributed by atoms with Crippen LogP contribution in [-0.2, 0) is 37.8 Å². The molecule has 0 atom stereocenters. The van der Waals surface area contributed by atoms with Gasteiger partial charge in [-0.3, -0.25) is 9.59 Å². The highest BCUT2D eigenvalue weighted by Gasteiger charge is 2.58. The van der Waals surface area contributed by atoms with Gasteiger partial charge in [0.1, 0.15) is 0 Å². The summed E-state index contributed by atoms with van der Waals surface area (Å²) in [5.74, 6) is -1.78. The molecule has 0 radical (unpaired) electrons. The summed E-state index contributed by atoms with van der Waals surface area (Å²) in [6.07, 6.45) is 0.652. The Kier molecular flexibility index (Phi) is 2.83. The van der Waals surface area contributed by atoms with Gasteiger partial charge < -0.3 is 9.47 Å². The minimum absolute atomic E-state index is 0.320. The van der Waals surface area contributed by atoms with Crippen molar-refractivity contribution in [1.82, 2.24) is 0 Å². The van der Waals surface area contributed by atoms with Crippen LogP contribution < -0.4 is 0 Å². The number of esters is 2. The first kappa shape index (κ1) is 13.4. The molecule has 0 unspecified atom stereocenters. The predicted molar refractivity (Wildman–Crippen MR) is 72.1 cm³/mol. The van der Waals surface area contributed by atoms with Crippen molar-refractivity contribution in [3.8, 4) is 0 Å². The molecule has 1 aromatic carbocycles. The highest BCUT2D eigenvalue weighted by atomic mass is 35.5. The summed E-state index contributed by atoms with van der Waals surface area (Å²) in [7, 11) is 0. The van der Waals surface area contributed by atoms with Gasteiger partial charge >= 0.3 is 11.9 Å². The van der Waals surface area contributed by atoms with E-state index in [1.54, 1.807) is 13.8 Å². The number of cyclic esters (lactones) is 2. The summed E-state index contributed by atoms with van der Waals surface area (Å²) >= 11 is 5.82. The predicted octanol–water partition coefficient (Wildman–Crippen LogP) is 2.35. The van der Waals surface area contributed by atoms with E-state index in [0.29, 0.717) is 18.7 Å². The highest BCUT2D eigenvalue weighted by Crippen LogP contribution is 2.43. The van der Waals surface area contributed by atoms with Crippen molar-refractivity contribution in [2.24, 2.45) is 5.41 Å². The standard InChI is InChI=1S/C15H15ClO4/c1-14(2)19-12(17)15(13(18)20-14)6-10-4-3-9(8-16)5-11(10)7-15/h3-5H,6-8H2,1-2H3. The molecule has 1 aliphatic heterocycles. The van der Waals surface area contributed by atoms with E-state index >= 15 is 0 Å². The van der Waals surface area contributed by atoms with Crippen LogP contribution in [0, 0.1) is 5.41 Å². The molecule has 0 amide bonds. The summed E-state index contributed by atoms with van der Waals surface area (Å²) < 4.78 is 10.5. The van der Waals surface area contributed by atoms with E-state index < -0.39 is 23.1 Å². The van der Waals surface area contributed by atoms with Gasteiger partial charge in [-0.2, -0.15) is 0 Å². The molecule has 1 spiro atoms. The lowest BCUT2D eigenvalue weighted by atomic mass is 9.84. The molecule has 5 heteroatoms. The van der Waals surface area contributed by atoms with E-state index in [2.05, 4.69) is 0 Å². The molecule has 1 fully saturated rings. The normalized spacial score (nSPS) is 22.4. The second-order valence-corrected chi connectivity index (χ2v) is 6.12. The van der Waals surface area contributed by atoms with Crippen molar-refractivity contribution >= 4 is 23.5 Å². The number of fused-ring (bicyclic) bond motifs is 1. The largest absolute Gasteiger partial charge is 0.422 e. The van der Waals surface area contributed by atoms with Gasteiger partial charge in [-0.15, -0.1) is 11.6 Å². The summed E-state index contributed by atoms with van der Waals surface area (Å²) in [6, 6.07) is 5.77. The summed E-state index contributed by atoms with van der Waals surface area (Å²) in [6.45, 7) is 3.12. The van der Waals surface area contributed by atoms with E-state index in [1.165, 1.54) is 0 Å². The molecule has 1 saturated heterocycles. The van der Waals surface area contributed by atoms with Crippen molar-refractivity contribution in [2.75, 3.05) is 0 Å². The summed E-state index contributed by atoms with van der Waals surface area (Å²) in [5, 5.41) is 0. The number of carbonyl (C=O) groups is 2. The second kappa shape index (κ2) is 4.22. The van der Waals surface area contributed by atoms with Crippen LogP contribution in [-0.4, -0.2) is 17.7 Å². The van der Waals surface area contributed by atoms with Gasteiger partial charge in [-0.05, 0) is 29.5 Å². The average molecular weight is 295 g/mol. The van der Waals surface area contributed by atoms with Crippen LogP contribution in [0.2, 0.25) is 0 Å². The van der Waals surface area contributed by atoms with Crippen LogP contribution in [0.25, 0.3) is 0 Å². The lowest BCUT2D eigenvalue weighted by Gasteiger charge is -2.38. The highest BCUT2D eigenvalue weighted by molar-refractivity contribution is 6.17. The summed E-state index contributed by atoms with van der Waals surface area (Å²) in [4.78, 5) is 24.6. The zero-order chi connectivity index (χ0) is 14.5. The Balaban J connectivity index is 1.97. The molecule has 4 nitrogen and oxygen atoms in total. The molecular formula is C15H15ClO4. The zero-order valence-corrected chi connectivity index (χ0v) is 12.1. The number of rotatable bonds is 1. The molecule has 20 heavy (non-hydrogen) atoms. The third kappa shape index (κ3) is 1.90. The Morgan fingerprint density at radius 3 is 2.30 bits per heavy atom. The number of hydrogen-bond donors (Lipinski definition) is 0. The first-order chi connectivity index (χ1) is 9.36. The Hall–Kier alpha value is -1.55. The fourth-order valence-corrected chi connectivity index (χ4v) is 3.01. The Labute approximate surface area is 122 Å². The third-order valence-electron chi connectivity index (χ3n) is 3.87. The van der Waals surface area contributed by atoms with Crippen molar-refractivity contribution in [1.29, 1.82) is 0 Å². The van der Waals surface area contributed by atoms with Crippen molar-refractivity contribution < 1.29 is 19.1 Å². The molecule has 3 rings (SSSR count). The van der Waals surface area contributed by atoms with Crippen molar-refractivity contribution in [2.45, 2.75) is 38.4 Å². The van der Waals surface area contributed by atoms with Crippen LogP contribution in [0.3, 0.4) is 0 Å². The van der Waals surface area contributed by atoms with Gasteiger partial charge in [0.15, 0.2) is 5.41 Å². The van der Waals surface area contributed by atoms with Crippen LogP contribution >= 0.6 is 11.6 Å². The van der Waals surface area contributed by atoms with Gasteiger partial charge in [0.05, 0.1) is 0 Å². The lowest BCUT2D eigenvalue weighted by Crippen LogP contribution is -2.54. The minimum atomic E-state index is -1.22. The molecule has 0 N–H and O–H groups in total. The van der Waals surface area contributed by atoms with E-state index in [1.807, 2.05) is 18.2 Å². The fourth-order valence-electron chi connectivity index (χ4n) is 2.85. The molecule has 1 heterocycles. The average Bonchev–Trinajstić information content (AvgIpc) is 2.75. The third-order valence-corrected chi connectivity index (χ3v) is 4.18. The Bertz CT molecular complexity index is 586. The zero-order valence-electron chi connectivity index (χ0n) is 11.4. The van der Waals surface area contributed by atoms with Gasteiger partial charge in [0.25, 0.3) is 5.79 Å². The molecule has 1 aliphatic carbocycles. The number of benzene rings is 1. The van der Waals surface area contributed by atoms with E-state index in [4.69, 9.17) is 21.1 Å². The monoisotopic (exact) mass is 294 g/mol. The first-order valence-electron chi connectivity index (χ1n) is 6.50. The minimum Gasteiger partial charge on any atom is -0.422 e. The van der Waals surface area contributed by atoms with Crippen LogP contribution in [0.5, 0.6) is 0 Å². The van der Waals surface area contributed by atoms with Crippen LogP contribution in [0.15, 0.2) is 18.2 Å². The molecule has 1 aromatic rings. The molecule has 0 aromatic heterocycles. The van der Waals surface area contributed by atoms with Crippen molar-refractivity contribution in [3.63, 3.8) is 0 Å². The number of ether oxygens (including phenoxy) is 2. The van der Waals surface area contributed by atoms with E-state index in [9.17, 15) is 9.59 Å². The number of carbonyl (C=O) groups excluding carboxylic acids is 2. The maximum atomic E-state index is 12.3. The van der Waals surface area contributed by atoms with E-state index in [-0.39, 0.29) is 0 Å². The van der Waals surface area contributed by atoms with Crippen LogP contribution in [0.1, 0.15) is 30.5 Å². The number of halogens is 1. The lowest BCUT2D eigenvalue weighted by molar-refractivity contribution is -0.250.